The van der Waals surface area contributed by atoms with Gasteiger partial charge in [-0.1, -0.05) is 75.4 Å². The second-order valence-corrected chi connectivity index (χ2v) is 8.14. The predicted molar refractivity (Wildman–Crippen MR) is 128 cm³/mol. The molecule has 4 heteroatoms. The van der Waals surface area contributed by atoms with Crippen LogP contribution in [0.2, 0.25) is 0 Å². The minimum absolute atomic E-state index is 0.236. The highest BCUT2D eigenvalue weighted by molar-refractivity contribution is 6.12. The fraction of sp³-hybridized carbons (Fsp3) is 0.286. The summed E-state index contributed by atoms with van der Waals surface area (Å²) < 4.78 is 10.6. The van der Waals surface area contributed by atoms with Gasteiger partial charge in [-0.3, -0.25) is 0 Å². The summed E-state index contributed by atoms with van der Waals surface area (Å²) in [7, 11) is 0. The molecule has 0 atom stereocenters. The van der Waals surface area contributed by atoms with Crippen LogP contribution in [0.3, 0.4) is 0 Å². The van der Waals surface area contributed by atoms with Gasteiger partial charge >= 0.3 is 5.97 Å². The first-order valence-corrected chi connectivity index (χ1v) is 11.5. The number of aliphatic imine (C=N–C) groups is 1. The molecule has 2 heterocycles. The summed E-state index contributed by atoms with van der Waals surface area (Å²) in [5.41, 5.74) is 4.69. The summed E-state index contributed by atoms with van der Waals surface area (Å²) in [6.45, 7) is 2.25. The highest BCUT2D eigenvalue weighted by Crippen LogP contribution is 2.24. The normalized spacial score (nSPS) is 14.6. The van der Waals surface area contributed by atoms with Crippen LogP contribution in [-0.2, 0) is 16.0 Å². The third-order valence-electron chi connectivity index (χ3n) is 5.68. The maximum Gasteiger partial charge on any atom is 0.363 e. The molecule has 0 aliphatic carbocycles. The number of benzene rings is 2. The lowest BCUT2D eigenvalue weighted by molar-refractivity contribution is -0.129. The van der Waals surface area contributed by atoms with E-state index in [1.165, 1.54) is 49.7 Å². The van der Waals surface area contributed by atoms with E-state index >= 15 is 0 Å². The van der Waals surface area contributed by atoms with Crippen LogP contribution in [0.1, 0.15) is 62.3 Å². The van der Waals surface area contributed by atoms with Crippen LogP contribution in [0.25, 0.3) is 17.2 Å². The average Bonchev–Trinajstić information content (AvgIpc) is 3.47. The Hall–Kier alpha value is -3.40. The Kier molecular flexibility index (Phi) is 7.34. The number of ether oxygens (including phenoxy) is 1. The average molecular weight is 428 g/mol. The van der Waals surface area contributed by atoms with E-state index in [0.29, 0.717) is 11.7 Å². The van der Waals surface area contributed by atoms with Crippen molar-refractivity contribution in [3.05, 3.63) is 89.5 Å². The molecule has 0 spiro atoms. The number of hydrogen-bond donors (Lipinski definition) is 0. The first kappa shape index (κ1) is 21.8. The Morgan fingerprint density at radius 2 is 1.47 bits per heavy atom. The lowest BCUT2D eigenvalue weighted by Gasteiger charge is -2.06. The van der Waals surface area contributed by atoms with E-state index in [4.69, 9.17) is 9.15 Å². The Morgan fingerprint density at radius 1 is 0.812 bits per heavy atom. The van der Waals surface area contributed by atoms with Crippen LogP contribution < -0.4 is 0 Å². The van der Waals surface area contributed by atoms with E-state index in [-0.39, 0.29) is 5.70 Å². The van der Waals surface area contributed by atoms with Crippen LogP contribution in [-0.4, -0.2) is 11.9 Å². The largest absolute Gasteiger partial charge is 0.465 e. The third-order valence-corrected chi connectivity index (χ3v) is 5.68. The molecule has 0 unspecified atom stereocenters. The second-order valence-electron chi connectivity index (χ2n) is 8.14. The summed E-state index contributed by atoms with van der Waals surface area (Å²) in [4.78, 5) is 16.4. The van der Waals surface area contributed by atoms with Crippen LogP contribution in [0.5, 0.6) is 0 Å². The molecule has 0 saturated carbocycles. The molecule has 0 saturated heterocycles. The smallest absolute Gasteiger partial charge is 0.363 e. The zero-order valence-corrected chi connectivity index (χ0v) is 18.5. The van der Waals surface area contributed by atoms with E-state index in [0.717, 1.165) is 17.5 Å². The molecule has 1 aliphatic rings. The van der Waals surface area contributed by atoms with Crippen molar-refractivity contribution in [3.8, 4) is 11.1 Å². The zero-order chi connectivity index (χ0) is 22.2. The number of aryl methyl sites for hydroxylation is 1. The van der Waals surface area contributed by atoms with E-state index in [1.807, 2.05) is 24.3 Å². The number of rotatable bonds is 10. The molecule has 164 valence electrons. The molecular formula is C28H29NO3. The van der Waals surface area contributed by atoms with Gasteiger partial charge in [0.15, 0.2) is 5.70 Å². The first-order valence-electron chi connectivity index (χ1n) is 11.5. The summed E-state index contributed by atoms with van der Waals surface area (Å²) in [6, 6.07) is 20.3. The summed E-state index contributed by atoms with van der Waals surface area (Å²) in [5.74, 6) is 0.410. The molecule has 32 heavy (non-hydrogen) atoms. The SMILES string of the molecule is CCCCCCCCc1ccc(-c2ccc(C3=NC(=Cc4ccco4)C(=O)O3)cc2)cc1. The summed E-state index contributed by atoms with van der Waals surface area (Å²) in [5, 5.41) is 0. The van der Waals surface area contributed by atoms with Gasteiger partial charge in [0.2, 0.25) is 5.90 Å². The molecule has 2 aromatic carbocycles. The number of nitrogens with zero attached hydrogens (tertiary/aromatic N) is 1. The summed E-state index contributed by atoms with van der Waals surface area (Å²) in [6.07, 6.45) is 12.2. The first-order chi connectivity index (χ1) is 15.7. The van der Waals surface area contributed by atoms with Crippen molar-refractivity contribution in [2.24, 2.45) is 4.99 Å². The second kappa shape index (κ2) is 10.8. The molecular weight excluding hydrogens is 398 g/mol. The molecule has 0 fully saturated rings. The zero-order valence-electron chi connectivity index (χ0n) is 18.5. The molecule has 0 amide bonds. The van der Waals surface area contributed by atoms with Gasteiger partial charge in [0.25, 0.3) is 0 Å². The van der Waals surface area contributed by atoms with E-state index < -0.39 is 5.97 Å². The lowest BCUT2D eigenvalue weighted by Crippen LogP contribution is -2.05. The minimum Gasteiger partial charge on any atom is -0.465 e. The minimum atomic E-state index is -0.471. The monoisotopic (exact) mass is 427 g/mol. The Labute approximate surface area is 189 Å². The van der Waals surface area contributed by atoms with Crippen molar-refractivity contribution in [3.63, 3.8) is 0 Å². The van der Waals surface area contributed by atoms with Crippen molar-refractivity contribution in [1.29, 1.82) is 0 Å². The number of esters is 1. The van der Waals surface area contributed by atoms with E-state index in [1.54, 1.807) is 24.5 Å². The molecule has 1 aliphatic heterocycles. The van der Waals surface area contributed by atoms with Crippen LogP contribution in [0, 0.1) is 0 Å². The molecule has 4 rings (SSSR count). The Morgan fingerprint density at radius 3 is 2.16 bits per heavy atom. The number of hydrogen-bond acceptors (Lipinski definition) is 4. The van der Waals surface area contributed by atoms with E-state index in [9.17, 15) is 4.79 Å². The molecule has 0 bridgehead atoms. The number of carbonyl (C=O) groups excluding carboxylic acids is 1. The lowest BCUT2D eigenvalue weighted by atomic mass is 10.00. The van der Waals surface area contributed by atoms with Gasteiger partial charge in [-0.2, -0.15) is 0 Å². The third kappa shape index (κ3) is 5.64. The van der Waals surface area contributed by atoms with Gasteiger partial charge in [-0.05, 0) is 53.8 Å². The topological polar surface area (TPSA) is 51.8 Å². The Bertz CT molecular complexity index is 1070. The number of cyclic esters (lactones) is 1. The fourth-order valence-electron chi connectivity index (χ4n) is 3.82. The van der Waals surface area contributed by atoms with Gasteiger partial charge in [0.05, 0.1) is 6.26 Å². The maximum atomic E-state index is 12.1. The number of unbranched alkanes of at least 4 members (excludes halogenated alkanes) is 5. The van der Waals surface area contributed by atoms with Crippen LogP contribution in [0.4, 0.5) is 0 Å². The van der Waals surface area contributed by atoms with Gasteiger partial charge < -0.3 is 9.15 Å². The number of carbonyl (C=O) groups is 1. The predicted octanol–water partition coefficient (Wildman–Crippen LogP) is 7.19. The molecule has 0 N–H and O–H groups in total. The molecule has 3 aromatic rings. The molecule has 4 nitrogen and oxygen atoms in total. The van der Waals surface area contributed by atoms with Crippen molar-refractivity contribution in [2.75, 3.05) is 0 Å². The van der Waals surface area contributed by atoms with Crippen molar-refractivity contribution >= 4 is 17.9 Å². The van der Waals surface area contributed by atoms with Crippen molar-refractivity contribution in [1.82, 2.24) is 0 Å². The van der Waals surface area contributed by atoms with E-state index in [2.05, 4.69) is 36.2 Å². The van der Waals surface area contributed by atoms with Crippen LogP contribution in [0.15, 0.2) is 82.0 Å². The number of furan rings is 1. The standard InChI is InChI=1S/C28H29NO3/c1-2-3-4-5-6-7-9-21-11-13-22(14-12-21)23-15-17-24(18-16-23)27-29-26(28(30)32-27)20-25-10-8-19-31-25/h8,10-20H,2-7,9H2,1H3. The molecule has 1 aromatic heterocycles. The highest BCUT2D eigenvalue weighted by atomic mass is 16.6. The van der Waals surface area contributed by atoms with Gasteiger partial charge in [0, 0.05) is 11.6 Å². The van der Waals surface area contributed by atoms with Crippen molar-refractivity contribution in [2.45, 2.75) is 51.9 Å². The van der Waals surface area contributed by atoms with Gasteiger partial charge in [0.1, 0.15) is 5.76 Å². The quantitative estimate of drug-likeness (QED) is 0.195. The summed E-state index contributed by atoms with van der Waals surface area (Å²) >= 11 is 0. The van der Waals surface area contributed by atoms with Gasteiger partial charge in [-0.25, -0.2) is 9.79 Å². The molecule has 0 radical (unpaired) electrons. The highest BCUT2D eigenvalue weighted by Gasteiger charge is 2.24. The van der Waals surface area contributed by atoms with Crippen LogP contribution >= 0.6 is 0 Å². The van der Waals surface area contributed by atoms with Crippen molar-refractivity contribution < 1.29 is 13.9 Å². The fourth-order valence-corrected chi connectivity index (χ4v) is 3.82. The maximum absolute atomic E-state index is 12.1. The Balaban J connectivity index is 1.36. The van der Waals surface area contributed by atoms with Gasteiger partial charge in [-0.15, -0.1) is 0 Å².